The first-order valence-corrected chi connectivity index (χ1v) is 9.14. The van der Waals surface area contributed by atoms with E-state index in [1.807, 2.05) is 80.5 Å². The number of amides is 1. The van der Waals surface area contributed by atoms with E-state index in [0.717, 1.165) is 33.6 Å². The number of ether oxygens (including phenoxy) is 1. The van der Waals surface area contributed by atoms with Crippen LogP contribution in [0.1, 0.15) is 24.0 Å². The maximum absolute atomic E-state index is 12.8. The Hall–Kier alpha value is -3.08. The van der Waals surface area contributed by atoms with Gasteiger partial charge in [-0.3, -0.25) is 4.79 Å². The number of para-hydroxylation sites is 2. The number of rotatable bonds is 4. The molecule has 0 unspecified atom stereocenters. The van der Waals surface area contributed by atoms with Crippen LogP contribution in [0.5, 0.6) is 5.75 Å². The number of nitrogens with one attached hydrogen (secondary N) is 1. The highest BCUT2D eigenvalue weighted by atomic mass is 16.5. The molecule has 1 aromatic heterocycles. The molecule has 0 aliphatic carbocycles. The van der Waals surface area contributed by atoms with Crippen LogP contribution in [0.2, 0.25) is 0 Å². The molecule has 1 amide bonds. The van der Waals surface area contributed by atoms with E-state index < -0.39 is 6.10 Å². The second-order valence-corrected chi connectivity index (χ2v) is 7.13. The smallest absolute Gasteiger partial charge is 0.261 e. The van der Waals surface area contributed by atoms with Gasteiger partial charge < -0.3 is 15.0 Å². The molecular formula is C22H23N3O2. The van der Waals surface area contributed by atoms with Crippen LogP contribution in [0.3, 0.4) is 0 Å². The van der Waals surface area contributed by atoms with Crippen molar-refractivity contribution in [2.24, 2.45) is 0 Å². The number of fused-ring (bicyclic) bond motifs is 2. The van der Waals surface area contributed by atoms with Crippen molar-refractivity contribution < 1.29 is 9.53 Å². The van der Waals surface area contributed by atoms with E-state index in [2.05, 4.69) is 10.3 Å². The normalized spacial score (nSPS) is 18.0. The number of hydrogen-bond donors (Lipinski definition) is 1. The Labute approximate surface area is 159 Å². The number of aromatic nitrogens is 1. The quantitative estimate of drug-likeness (QED) is 0.773. The van der Waals surface area contributed by atoms with Crippen molar-refractivity contribution in [1.29, 1.82) is 0 Å². The standard InChI is InChI=1S/C22H23N3O2/c1-14-16-8-5-7-11-19(16)27-21(14)22(26)23-13-15-12-20(25(2)3)24-18-10-6-4-9-17(15)18/h4-12,14,21H,13H2,1-3H3,(H,23,26)/t14-,21+/m1/s1. The van der Waals surface area contributed by atoms with Crippen LogP contribution in [-0.4, -0.2) is 31.1 Å². The predicted octanol–water partition coefficient (Wildman–Crippen LogP) is 3.48. The predicted molar refractivity (Wildman–Crippen MR) is 107 cm³/mol. The van der Waals surface area contributed by atoms with Crippen LogP contribution in [0.15, 0.2) is 54.6 Å². The van der Waals surface area contributed by atoms with E-state index in [0.29, 0.717) is 6.54 Å². The summed E-state index contributed by atoms with van der Waals surface area (Å²) in [5.74, 6) is 1.61. The number of hydrogen-bond acceptors (Lipinski definition) is 4. The molecule has 0 saturated heterocycles. The first-order chi connectivity index (χ1) is 13.0. The third-order valence-corrected chi connectivity index (χ3v) is 5.08. The first kappa shape index (κ1) is 17.3. The van der Waals surface area contributed by atoms with E-state index in [9.17, 15) is 4.79 Å². The monoisotopic (exact) mass is 361 g/mol. The van der Waals surface area contributed by atoms with Gasteiger partial charge in [-0.15, -0.1) is 0 Å². The molecule has 2 heterocycles. The van der Waals surface area contributed by atoms with Crippen molar-refractivity contribution in [2.75, 3.05) is 19.0 Å². The lowest BCUT2D eigenvalue weighted by molar-refractivity contribution is -0.128. The van der Waals surface area contributed by atoms with Gasteiger partial charge in [-0.25, -0.2) is 4.98 Å². The zero-order valence-corrected chi connectivity index (χ0v) is 15.8. The Balaban J connectivity index is 1.55. The van der Waals surface area contributed by atoms with Crippen LogP contribution < -0.4 is 15.0 Å². The van der Waals surface area contributed by atoms with Gasteiger partial charge in [0.25, 0.3) is 5.91 Å². The van der Waals surface area contributed by atoms with Crippen molar-refractivity contribution in [1.82, 2.24) is 10.3 Å². The van der Waals surface area contributed by atoms with Gasteiger partial charge in [-0.1, -0.05) is 43.3 Å². The van der Waals surface area contributed by atoms with E-state index in [1.165, 1.54) is 0 Å². The Bertz CT molecular complexity index is 1000. The summed E-state index contributed by atoms with van der Waals surface area (Å²) in [5.41, 5.74) is 3.05. The van der Waals surface area contributed by atoms with Gasteiger partial charge in [-0.05, 0) is 23.8 Å². The summed E-state index contributed by atoms with van der Waals surface area (Å²) in [5, 5.41) is 4.10. The van der Waals surface area contributed by atoms with Crippen molar-refractivity contribution >= 4 is 22.6 Å². The van der Waals surface area contributed by atoms with Gasteiger partial charge in [0, 0.05) is 37.5 Å². The highest BCUT2D eigenvalue weighted by Crippen LogP contribution is 2.37. The van der Waals surface area contributed by atoms with Gasteiger partial charge >= 0.3 is 0 Å². The third kappa shape index (κ3) is 3.21. The summed E-state index contributed by atoms with van der Waals surface area (Å²) in [6, 6.07) is 17.9. The maximum Gasteiger partial charge on any atom is 0.261 e. The largest absolute Gasteiger partial charge is 0.480 e. The molecular weight excluding hydrogens is 338 g/mol. The molecule has 138 valence electrons. The number of pyridine rings is 1. The molecule has 1 aliphatic rings. The molecule has 1 aliphatic heterocycles. The second kappa shape index (κ2) is 6.91. The average molecular weight is 361 g/mol. The van der Waals surface area contributed by atoms with Crippen LogP contribution in [0.4, 0.5) is 5.82 Å². The molecule has 4 rings (SSSR count). The molecule has 3 aromatic rings. The minimum Gasteiger partial charge on any atom is -0.480 e. The highest BCUT2D eigenvalue weighted by molar-refractivity contribution is 5.86. The zero-order chi connectivity index (χ0) is 19.0. The van der Waals surface area contributed by atoms with E-state index in [4.69, 9.17) is 4.74 Å². The van der Waals surface area contributed by atoms with Crippen LogP contribution in [0.25, 0.3) is 10.9 Å². The molecule has 27 heavy (non-hydrogen) atoms. The van der Waals surface area contributed by atoms with E-state index in [-0.39, 0.29) is 11.8 Å². The lowest BCUT2D eigenvalue weighted by atomic mass is 9.97. The Kier molecular flexibility index (Phi) is 4.44. The van der Waals surface area contributed by atoms with Crippen LogP contribution in [-0.2, 0) is 11.3 Å². The van der Waals surface area contributed by atoms with Gasteiger partial charge in [0.15, 0.2) is 6.10 Å². The topological polar surface area (TPSA) is 54.5 Å². The number of carbonyl (C=O) groups excluding carboxylic acids is 1. The fourth-order valence-electron chi connectivity index (χ4n) is 3.54. The van der Waals surface area contributed by atoms with E-state index in [1.54, 1.807) is 0 Å². The number of carbonyl (C=O) groups is 1. The van der Waals surface area contributed by atoms with Gasteiger partial charge in [0.1, 0.15) is 11.6 Å². The number of nitrogens with zero attached hydrogens (tertiary/aromatic N) is 2. The molecule has 5 heteroatoms. The zero-order valence-electron chi connectivity index (χ0n) is 15.8. The molecule has 0 radical (unpaired) electrons. The lowest BCUT2D eigenvalue weighted by Gasteiger charge is -2.18. The van der Waals surface area contributed by atoms with Crippen LogP contribution in [0, 0.1) is 0 Å². The van der Waals surface area contributed by atoms with E-state index >= 15 is 0 Å². The van der Waals surface area contributed by atoms with Crippen molar-refractivity contribution in [2.45, 2.75) is 25.5 Å². The van der Waals surface area contributed by atoms with Crippen molar-refractivity contribution in [3.63, 3.8) is 0 Å². The Morgan fingerprint density at radius 2 is 1.89 bits per heavy atom. The Morgan fingerprint density at radius 1 is 1.15 bits per heavy atom. The van der Waals surface area contributed by atoms with Gasteiger partial charge in [-0.2, -0.15) is 0 Å². The lowest BCUT2D eigenvalue weighted by Crippen LogP contribution is -2.38. The van der Waals surface area contributed by atoms with Crippen molar-refractivity contribution in [3.05, 3.63) is 65.7 Å². The molecule has 2 atom stereocenters. The molecule has 0 spiro atoms. The molecule has 0 saturated carbocycles. The molecule has 0 bridgehead atoms. The molecule has 1 N–H and O–H groups in total. The summed E-state index contributed by atoms with van der Waals surface area (Å²) in [6.07, 6.45) is -0.496. The molecule has 5 nitrogen and oxygen atoms in total. The average Bonchev–Trinajstić information content (AvgIpc) is 3.02. The number of benzene rings is 2. The minimum absolute atomic E-state index is 0.0349. The van der Waals surface area contributed by atoms with Crippen LogP contribution >= 0.6 is 0 Å². The summed E-state index contributed by atoms with van der Waals surface area (Å²) >= 11 is 0. The first-order valence-electron chi connectivity index (χ1n) is 9.14. The summed E-state index contributed by atoms with van der Waals surface area (Å²) in [6.45, 7) is 2.47. The summed E-state index contributed by atoms with van der Waals surface area (Å²) < 4.78 is 5.89. The van der Waals surface area contributed by atoms with Crippen molar-refractivity contribution in [3.8, 4) is 5.75 Å². The molecule has 0 fully saturated rings. The van der Waals surface area contributed by atoms with Gasteiger partial charge in [0.05, 0.1) is 5.52 Å². The Morgan fingerprint density at radius 3 is 2.67 bits per heavy atom. The summed E-state index contributed by atoms with van der Waals surface area (Å²) in [4.78, 5) is 19.4. The minimum atomic E-state index is -0.496. The second-order valence-electron chi connectivity index (χ2n) is 7.13. The highest BCUT2D eigenvalue weighted by Gasteiger charge is 2.35. The SMILES string of the molecule is C[C@@H]1c2ccccc2O[C@@H]1C(=O)NCc1cc(N(C)C)nc2ccccc12. The fraction of sp³-hybridized carbons (Fsp3) is 0.273. The number of anilines is 1. The van der Waals surface area contributed by atoms with Gasteiger partial charge in [0.2, 0.25) is 0 Å². The summed E-state index contributed by atoms with van der Waals surface area (Å²) in [7, 11) is 3.93. The maximum atomic E-state index is 12.8. The third-order valence-electron chi connectivity index (χ3n) is 5.08. The fourth-order valence-corrected chi connectivity index (χ4v) is 3.54. The molecule has 2 aromatic carbocycles.